The molecule has 1 aromatic heterocycles. The Morgan fingerprint density at radius 2 is 1.72 bits per heavy atom. The van der Waals surface area contributed by atoms with Crippen LogP contribution in [0, 0.1) is 0 Å². The first-order valence-corrected chi connectivity index (χ1v) is 15.5. The van der Waals surface area contributed by atoms with E-state index in [-0.39, 0.29) is 11.7 Å². The molecule has 2 saturated heterocycles. The highest BCUT2D eigenvalue weighted by Gasteiger charge is 2.30. The number of hydrogen-bond acceptors (Lipinski definition) is 6. The second-order valence-electron chi connectivity index (χ2n) is 10.4. The Hall–Kier alpha value is -2.76. The van der Waals surface area contributed by atoms with Crippen LogP contribution in [-0.4, -0.2) is 92.9 Å². The molecule has 10 heteroatoms. The highest BCUT2D eigenvalue weighted by molar-refractivity contribution is 7.89. The van der Waals surface area contributed by atoms with Crippen LogP contribution in [0.3, 0.4) is 0 Å². The third-order valence-electron chi connectivity index (χ3n) is 7.91. The van der Waals surface area contributed by atoms with Gasteiger partial charge in [-0.1, -0.05) is 30.3 Å². The lowest BCUT2D eigenvalue weighted by Crippen LogP contribution is -2.41. The molecule has 0 aliphatic carbocycles. The van der Waals surface area contributed by atoms with Gasteiger partial charge in [-0.25, -0.2) is 12.7 Å². The summed E-state index contributed by atoms with van der Waals surface area (Å²) in [5, 5.41) is 4.30. The van der Waals surface area contributed by atoms with Gasteiger partial charge in [-0.3, -0.25) is 9.69 Å². The standard InChI is InChI=1S/C29H39N5O4S/c30-29(35)26-9-4-8-25-27(22-34(28(25)26)24-6-2-1-3-7-24)23-10-15-33(16-11-23)39(36,37)21-13-31-12-5-14-32-17-19-38-20-18-32/h1-4,6-9,22-23,31H,5,10-21H2,(H2,30,35). The molecule has 2 aliphatic rings. The van der Waals surface area contributed by atoms with Gasteiger partial charge >= 0.3 is 0 Å². The number of ether oxygens (including phenoxy) is 1. The van der Waals surface area contributed by atoms with Crippen LogP contribution in [-0.2, 0) is 14.8 Å². The van der Waals surface area contributed by atoms with E-state index in [2.05, 4.69) is 16.4 Å². The van der Waals surface area contributed by atoms with E-state index in [1.165, 1.54) is 0 Å². The number of carbonyl (C=O) groups is 1. The quantitative estimate of drug-likeness (QED) is 0.353. The zero-order valence-electron chi connectivity index (χ0n) is 22.4. The Kier molecular flexibility index (Phi) is 8.99. The van der Waals surface area contributed by atoms with Gasteiger partial charge in [0.25, 0.3) is 5.91 Å². The summed E-state index contributed by atoms with van der Waals surface area (Å²) in [6.45, 7) is 6.83. The summed E-state index contributed by atoms with van der Waals surface area (Å²) in [6.07, 6.45) is 4.57. The molecule has 0 saturated carbocycles. The average Bonchev–Trinajstić information content (AvgIpc) is 3.36. The average molecular weight is 554 g/mol. The first-order chi connectivity index (χ1) is 18.9. The van der Waals surface area contributed by atoms with Gasteiger partial charge in [0.2, 0.25) is 10.0 Å². The van der Waals surface area contributed by atoms with Crippen LogP contribution in [0.4, 0.5) is 0 Å². The monoisotopic (exact) mass is 553 g/mol. The first kappa shape index (κ1) is 27.8. The summed E-state index contributed by atoms with van der Waals surface area (Å²) in [4.78, 5) is 14.7. The van der Waals surface area contributed by atoms with E-state index in [1.54, 1.807) is 10.4 Å². The van der Waals surface area contributed by atoms with E-state index in [9.17, 15) is 13.2 Å². The van der Waals surface area contributed by atoms with Crippen LogP contribution in [0.1, 0.15) is 41.1 Å². The maximum absolute atomic E-state index is 13.0. The minimum Gasteiger partial charge on any atom is -0.379 e. The third-order valence-corrected chi connectivity index (χ3v) is 9.78. The molecule has 0 spiro atoms. The molecule has 1 amide bonds. The van der Waals surface area contributed by atoms with E-state index in [0.29, 0.717) is 25.2 Å². The van der Waals surface area contributed by atoms with E-state index < -0.39 is 15.9 Å². The van der Waals surface area contributed by atoms with E-state index in [4.69, 9.17) is 10.5 Å². The summed E-state index contributed by atoms with van der Waals surface area (Å²) in [7, 11) is -3.32. The van der Waals surface area contributed by atoms with Gasteiger partial charge < -0.3 is 20.4 Å². The number of fused-ring (bicyclic) bond motifs is 1. The van der Waals surface area contributed by atoms with Gasteiger partial charge in [0.1, 0.15) is 0 Å². The Balaban J connectivity index is 1.20. The number of nitrogens with two attached hydrogens (primary N) is 1. The van der Waals surface area contributed by atoms with Crippen molar-refractivity contribution in [2.75, 3.05) is 64.8 Å². The van der Waals surface area contributed by atoms with Crippen molar-refractivity contribution < 1.29 is 17.9 Å². The minimum absolute atomic E-state index is 0.116. The number of rotatable bonds is 11. The lowest BCUT2D eigenvalue weighted by molar-refractivity contribution is 0.0375. The van der Waals surface area contributed by atoms with Crippen molar-refractivity contribution >= 4 is 26.8 Å². The highest BCUT2D eigenvalue weighted by atomic mass is 32.2. The maximum Gasteiger partial charge on any atom is 0.250 e. The molecular formula is C29H39N5O4S. The zero-order chi connectivity index (χ0) is 27.2. The number of morpholine rings is 1. The van der Waals surface area contributed by atoms with Gasteiger partial charge in [-0.05, 0) is 62.0 Å². The van der Waals surface area contributed by atoms with Crippen LogP contribution in [0.15, 0.2) is 54.7 Å². The molecular weight excluding hydrogens is 514 g/mol. The van der Waals surface area contributed by atoms with Crippen molar-refractivity contribution in [2.45, 2.75) is 25.2 Å². The van der Waals surface area contributed by atoms with Gasteiger partial charge in [0, 0.05) is 50.0 Å². The third kappa shape index (κ3) is 6.53. The fourth-order valence-electron chi connectivity index (χ4n) is 5.78. The van der Waals surface area contributed by atoms with Crippen molar-refractivity contribution in [3.63, 3.8) is 0 Å². The van der Waals surface area contributed by atoms with Gasteiger partial charge in [-0.2, -0.15) is 0 Å². The molecule has 0 bridgehead atoms. The largest absolute Gasteiger partial charge is 0.379 e. The molecule has 2 aliphatic heterocycles. The number of piperidine rings is 1. The number of nitrogens with zero attached hydrogens (tertiary/aromatic N) is 3. The Morgan fingerprint density at radius 1 is 0.974 bits per heavy atom. The predicted octanol–water partition coefficient (Wildman–Crippen LogP) is 2.55. The number of amides is 1. The first-order valence-electron chi connectivity index (χ1n) is 13.9. The van der Waals surface area contributed by atoms with Crippen LogP contribution < -0.4 is 11.1 Å². The van der Waals surface area contributed by atoms with E-state index in [1.807, 2.05) is 47.0 Å². The summed E-state index contributed by atoms with van der Waals surface area (Å²) in [5.74, 6) is -0.145. The molecule has 2 fully saturated rings. The summed E-state index contributed by atoms with van der Waals surface area (Å²) >= 11 is 0. The molecule has 39 heavy (non-hydrogen) atoms. The fourth-order valence-corrected chi connectivity index (χ4v) is 7.21. The van der Waals surface area contributed by atoms with Crippen LogP contribution >= 0.6 is 0 Å². The lowest BCUT2D eigenvalue weighted by Gasteiger charge is -2.31. The van der Waals surface area contributed by atoms with Gasteiger partial charge in [-0.15, -0.1) is 0 Å². The Bertz CT molecular complexity index is 1360. The van der Waals surface area contributed by atoms with Crippen LogP contribution in [0.25, 0.3) is 16.6 Å². The molecule has 0 radical (unpaired) electrons. The fraction of sp³-hybridized carbons (Fsp3) is 0.483. The number of benzene rings is 2. The molecule has 9 nitrogen and oxygen atoms in total. The number of sulfonamides is 1. The second kappa shape index (κ2) is 12.6. The van der Waals surface area contributed by atoms with Gasteiger partial charge in [0.15, 0.2) is 0 Å². The van der Waals surface area contributed by atoms with Crippen molar-refractivity contribution in [3.8, 4) is 5.69 Å². The van der Waals surface area contributed by atoms with Crippen LogP contribution in [0.2, 0.25) is 0 Å². The summed E-state index contributed by atoms with van der Waals surface area (Å²) in [6, 6.07) is 15.6. The molecule has 0 unspecified atom stereocenters. The van der Waals surface area contributed by atoms with Crippen molar-refractivity contribution in [1.29, 1.82) is 0 Å². The van der Waals surface area contributed by atoms with Crippen molar-refractivity contribution in [1.82, 2.24) is 19.1 Å². The second-order valence-corrected chi connectivity index (χ2v) is 12.5. The molecule has 2 aromatic carbocycles. The zero-order valence-corrected chi connectivity index (χ0v) is 23.2. The lowest BCUT2D eigenvalue weighted by atomic mass is 9.89. The smallest absolute Gasteiger partial charge is 0.250 e. The normalized spacial score (nSPS) is 18.1. The number of carbonyl (C=O) groups excluding carboxylic acids is 1. The van der Waals surface area contributed by atoms with E-state index >= 15 is 0 Å². The summed E-state index contributed by atoms with van der Waals surface area (Å²) in [5.41, 5.74) is 9.13. The highest BCUT2D eigenvalue weighted by Crippen LogP contribution is 2.37. The number of nitrogens with one attached hydrogen (secondary N) is 1. The van der Waals surface area contributed by atoms with Crippen molar-refractivity contribution in [3.05, 3.63) is 65.9 Å². The van der Waals surface area contributed by atoms with Gasteiger partial charge in [0.05, 0.1) is 30.0 Å². The molecule has 0 atom stereocenters. The Morgan fingerprint density at radius 3 is 2.44 bits per heavy atom. The number of aromatic nitrogens is 1. The molecule has 3 N–H and O–H groups in total. The molecule has 210 valence electrons. The number of primary amides is 1. The minimum atomic E-state index is -3.32. The van der Waals surface area contributed by atoms with E-state index in [0.717, 1.165) is 80.8 Å². The number of hydrogen-bond donors (Lipinski definition) is 2. The van der Waals surface area contributed by atoms with Crippen molar-refractivity contribution in [2.24, 2.45) is 5.73 Å². The predicted molar refractivity (Wildman–Crippen MR) is 154 cm³/mol. The summed E-state index contributed by atoms with van der Waals surface area (Å²) < 4.78 is 35.1. The maximum atomic E-state index is 13.0. The number of para-hydroxylation sites is 2. The topological polar surface area (TPSA) is 110 Å². The Labute approximate surface area is 230 Å². The SMILES string of the molecule is NC(=O)c1cccc2c(C3CCN(S(=O)(=O)CCNCCCN4CCOCC4)CC3)cn(-c3ccccc3)c12. The molecule has 5 rings (SSSR count). The van der Waals surface area contributed by atoms with Crippen LogP contribution in [0.5, 0.6) is 0 Å². The molecule has 3 heterocycles. The molecule has 3 aromatic rings.